The molecule has 128 valence electrons. The Kier molecular flexibility index (Phi) is 4.32. The van der Waals surface area contributed by atoms with Gasteiger partial charge in [-0.05, 0) is 57.8 Å². The Bertz CT molecular complexity index is 732. The van der Waals surface area contributed by atoms with Crippen molar-refractivity contribution in [2.24, 2.45) is 5.92 Å². The lowest BCUT2D eigenvalue weighted by Crippen LogP contribution is -2.62. The van der Waals surface area contributed by atoms with Crippen LogP contribution < -0.4 is 10.1 Å². The van der Waals surface area contributed by atoms with Gasteiger partial charge >= 0.3 is 0 Å². The number of aromatic nitrogens is 1. The van der Waals surface area contributed by atoms with Gasteiger partial charge in [0.1, 0.15) is 0 Å². The van der Waals surface area contributed by atoms with Crippen molar-refractivity contribution in [3.8, 4) is 10.1 Å². The van der Waals surface area contributed by atoms with Crippen molar-refractivity contribution in [1.29, 1.82) is 0 Å². The number of rotatable bonds is 4. The second-order valence-electron chi connectivity index (χ2n) is 6.53. The molecule has 0 unspecified atom stereocenters. The molecule has 2 aromatic heterocycles. The molecule has 0 aliphatic carbocycles. The lowest BCUT2D eigenvalue weighted by molar-refractivity contribution is 0.0218. The maximum atomic E-state index is 12.6. The van der Waals surface area contributed by atoms with Gasteiger partial charge in [0.25, 0.3) is 5.91 Å². The molecule has 2 aromatic rings. The quantitative estimate of drug-likeness (QED) is 0.903. The molecule has 0 spiro atoms. The van der Waals surface area contributed by atoms with Crippen LogP contribution in [0.3, 0.4) is 0 Å². The topological polar surface area (TPSA) is 54.5 Å². The highest BCUT2D eigenvalue weighted by molar-refractivity contribution is 7.16. The number of nitrogens with one attached hydrogen (secondary N) is 1. The van der Waals surface area contributed by atoms with Crippen LogP contribution in [0.25, 0.3) is 0 Å². The third-order valence-electron chi connectivity index (χ3n) is 5.08. The van der Waals surface area contributed by atoms with E-state index in [2.05, 4.69) is 22.1 Å². The number of amides is 1. The number of hydrogen-bond acceptors (Lipinski definition) is 6. The molecule has 5 rings (SSSR count). The van der Waals surface area contributed by atoms with Gasteiger partial charge in [0.2, 0.25) is 5.06 Å². The van der Waals surface area contributed by atoms with Gasteiger partial charge in [0.15, 0.2) is 5.06 Å². The molecule has 3 saturated heterocycles. The summed E-state index contributed by atoms with van der Waals surface area (Å²) in [5.74, 6) is 0.630. The van der Waals surface area contributed by atoms with Gasteiger partial charge in [-0.1, -0.05) is 22.7 Å². The molecule has 3 aliphatic heterocycles. The fourth-order valence-corrected chi connectivity index (χ4v) is 5.21. The first-order valence-electron chi connectivity index (χ1n) is 8.35. The lowest BCUT2D eigenvalue weighted by Gasteiger charge is -2.49. The summed E-state index contributed by atoms with van der Waals surface area (Å²) in [6.07, 6.45) is 4.10. The molecule has 3 fully saturated rings. The highest BCUT2D eigenvalue weighted by atomic mass is 32.1. The minimum atomic E-state index is 0.0148. The van der Waals surface area contributed by atoms with Crippen LogP contribution in [0.1, 0.15) is 34.4 Å². The first-order valence-corrected chi connectivity index (χ1v) is 9.98. The average Bonchev–Trinajstić information content (AvgIpc) is 3.21. The summed E-state index contributed by atoms with van der Waals surface area (Å²) in [5.41, 5.74) is 0. The first-order chi connectivity index (χ1) is 11.6. The largest absolute Gasteiger partial charge is 0.434 e. The van der Waals surface area contributed by atoms with E-state index in [0.717, 1.165) is 15.1 Å². The number of hydrogen-bond donors (Lipinski definition) is 1. The summed E-state index contributed by atoms with van der Waals surface area (Å²) in [7, 11) is 0. The van der Waals surface area contributed by atoms with Crippen LogP contribution in [0.5, 0.6) is 10.1 Å². The van der Waals surface area contributed by atoms with E-state index in [1.54, 1.807) is 6.20 Å². The van der Waals surface area contributed by atoms with E-state index < -0.39 is 0 Å². The number of thiophene rings is 1. The van der Waals surface area contributed by atoms with Crippen LogP contribution >= 0.6 is 22.7 Å². The minimum absolute atomic E-state index is 0.0148. The molecule has 0 aromatic carbocycles. The van der Waals surface area contributed by atoms with Gasteiger partial charge in [-0.3, -0.25) is 9.69 Å². The van der Waals surface area contributed by atoms with Crippen molar-refractivity contribution in [2.45, 2.75) is 38.8 Å². The molecule has 1 amide bonds. The SMILES string of the molecule is Cc1ncc(Oc2ccc(C(=O)N[C@@H]3C4CCN(CC4)[C@H]3C)s2)s1. The van der Waals surface area contributed by atoms with Crippen molar-refractivity contribution in [2.75, 3.05) is 13.1 Å². The maximum Gasteiger partial charge on any atom is 0.261 e. The Morgan fingerprint density at radius 2 is 2.08 bits per heavy atom. The Labute approximate surface area is 149 Å². The zero-order valence-corrected chi connectivity index (χ0v) is 15.5. The molecule has 2 bridgehead atoms. The van der Waals surface area contributed by atoms with Crippen LogP contribution in [0.4, 0.5) is 0 Å². The third-order valence-corrected chi connectivity index (χ3v) is 6.83. The standard InChI is InChI=1S/C17H21N3O2S2/c1-10-16(12-5-7-20(10)8-6-12)19-17(21)13-3-4-14(24-13)22-15-9-18-11(2)23-15/h3-4,9-10,12,16H,5-8H2,1-2H3,(H,19,21)/t10-,16-/m0/s1. The van der Waals surface area contributed by atoms with Gasteiger partial charge in [0.05, 0.1) is 16.1 Å². The van der Waals surface area contributed by atoms with Gasteiger partial charge in [-0.25, -0.2) is 4.98 Å². The predicted octanol–water partition coefficient (Wildman–Crippen LogP) is 3.52. The summed E-state index contributed by atoms with van der Waals surface area (Å²) in [4.78, 5) is 20.0. The number of carbonyl (C=O) groups is 1. The van der Waals surface area contributed by atoms with Crippen LogP contribution in [-0.4, -0.2) is 41.0 Å². The number of fused-ring (bicyclic) bond motifs is 3. The number of carbonyl (C=O) groups excluding carboxylic acids is 1. The molecular formula is C17H21N3O2S2. The minimum Gasteiger partial charge on any atom is -0.434 e. The second kappa shape index (κ2) is 6.46. The highest BCUT2D eigenvalue weighted by Crippen LogP contribution is 2.34. The van der Waals surface area contributed by atoms with Gasteiger partial charge in [0, 0.05) is 12.1 Å². The van der Waals surface area contributed by atoms with Gasteiger partial charge in [-0.15, -0.1) is 0 Å². The number of aryl methyl sites for hydroxylation is 1. The number of piperidine rings is 3. The summed E-state index contributed by atoms with van der Waals surface area (Å²) in [6.45, 7) is 6.51. The van der Waals surface area contributed by atoms with E-state index in [0.29, 0.717) is 16.8 Å². The summed E-state index contributed by atoms with van der Waals surface area (Å²) >= 11 is 2.89. The number of ether oxygens (including phenoxy) is 1. The van der Waals surface area contributed by atoms with Crippen LogP contribution in [0.2, 0.25) is 0 Å². The Morgan fingerprint density at radius 3 is 2.75 bits per heavy atom. The molecule has 1 N–H and O–H groups in total. The van der Waals surface area contributed by atoms with Crippen LogP contribution in [0, 0.1) is 12.8 Å². The third kappa shape index (κ3) is 3.08. The molecular weight excluding hydrogens is 342 g/mol. The molecule has 3 aliphatic rings. The number of thiazole rings is 1. The van der Waals surface area contributed by atoms with Gasteiger partial charge < -0.3 is 10.1 Å². The zero-order valence-electron chi connectivity index (χ0n) is 13.8. The number of nitrogens with zero attached hydrogens (tertiary/aromatic N) is 2. The molecule has 0 saturated carbocycles. The fraction of sp³-hybridized carbons (Fsp3) is 0.529. The Hall–Kier alpha value is -1.44. The van der Waals surface area contributed by atoms with E-state index in [4.69, 9.17) is 4.74 Å². The van der Waals surface area contributed by atoms with Crippen LogP contribution in [-0.2, 0) is 0 Å². The smallest absolute Gasteiger partial charge is 0.261 e. The molecule has 5 nitrogen and oxygen atoms in total. The zero-order chi connectivity index (χ0) is 16.7. The first kappa shape index (κ1) is 16.1. The summed E-state index contributed by atoms with van der Waals surface area (Å²) in [6, 6.07) is 4.39. The second-order valence-corrected chi connectivity index (χ2v) is 8.78. The summed E-state index contributed by atoms with van der Waals surface area (Å²) in [5, 5.41) is 5.71. The molecule has 7 heteroatoms. The van der Waals surface area contributed by atoms with E-state index in [1.165, 1.54) is 48.6 Å². The molecule has 0 radical (unpaired) electrons. The van der Waals surface area contributed by atoms with E-state index >= 15 is 0 Å². The fourth-order valence-electron chi connectivity index (χ4n) is 3.75. The van der Waals surface area contributed by atoms with Crippen molar-refractivity contribution in [3.63, 3.8) is 0 Å². The summed E-state index contributed by atoms with van der Waals surface area (Å²) < 4.78 is 5.78. The van der Waals surface area contributed by atoms with Crippen LogP contribution in [0.15, 0.2) is 18.3 Å². The Morgan fingerprint density at radius 1 is 1.29 bits per heavy atom. The van der Waals surface area contributed by atoms with E-state index in [1.807, 2.05) is 19.1 Å². The van der Waals surface area contributed by atoms with Crippen molar-refractivity contribution >= 4 is 28.6 Å². The maximum absolute atomic E-state index is 12.6. The lowest BCUT2D eigenvalue weighted by atomic mass is 9.79. The van der Waals surface area contributed by atoms with E-state index in [-0.39, 0.29) is 11.9 Å². The normalized spacial score (nSPS) is 28.8. The van der Waals surface area contributed by atoms with Gasteiger partial charge in [-0.2, -0.15) is 0 Å². The van der Waals surface area contributed by atoms with Crippen molar-refractivity contribution in [3.05, 3.63) is 28.2 Å². The highest BCUT2D eigenvalue weighted by Gasteiger charge is 2.40. The van der Waals surface area contributed by atoms with E-state index in [9.17, 15) is 4.79 Å². The predicted molar refractivity (Wildman–Crippen MR) is 96.3 cm³/mol. The molecule has 2 atom stereocenters. The molecule has 24 heavy (non-hydrogen) atoms. The average molecular weight is 364 g/mol. The Balaban J connectivity index is 1.41. The molecule has 5 heterocycles. The van der Waals surface area contributed by atoms with Crippen molar-refractivity contribution < 1.29 is 9.53 Å². The van der Waals surface area contributed by atoms with Crippen molar-refractivity contribution in [1.82, 2.24) is 15.2 Å². The monoisotopic (exact) mass is 363 g/mol.